The average Bonchev–Trinajstić information content (AvgIpc) is 3.39. The molecule has 5 rings (SSSR count). The van der Waals surface area contributed by atoms with Crippen LogP contribution in [0, 0.1) is 20.2 Å². The van der Waals surface area contributed by atoms with E-state index >= 15 is 0 Å². The van der Waals surface area contributed by atoms with Gasteiger partial charge < -0.3 is 19.9 Å². The van der Waals surface area contributed by atoms with Crippen LogP contribution in [0.1, 0.15) is 35.6 Å². The molecule has 50 heavy (non-hydrogen) atoms. The van der Waals surface area contributed by atoms with E-state index in [1.54, 1.807) is 31.2 Å². The number of phenolic OH excluding ortho intramolecular Hbond substituents is 1. The molecule has 1 saturated heterocycles. The Morgan fingerprint density at radius 2 is 1.46 bits per heavy atom. The number of aromatic hydroxyl groups is 1. The number of carbonyl (C=O) groups excluding carboxylic acids is 2. The Labute approximate surface area is 285 Å². The zero-order valence-electron chi connectivity index (χ0n) is 26.8. The second-order valence-corrected chi connectivity index (χ2v) is 13.4. The van der Waals surface area contributed by atoms with Crippen molar-refractivity contribution in [2.24, 2.45) is 0 Å². The van der Waals surface area contributed by atoms with Crippen LogP contribution in [0.5, 0.6) is 5.75 Å². The number of amides is 2. The van der Waals surface area contributed by atoms with Crippen molar-refractivity contribution < 1.29 is 46.6 Å². The first-order valence-electron chi connectivity index (χ1n) is 15.1. The quantitative estimate of drug-likeness (QED) is 0.114. The van der Waals surface area contributed by atoms with Gasteiger partial charge in [-0.05, 0) is 64.7 Å². The average molecular weight is 709 g/mol. The van der Waals surface area contributed by atoms with Gasteiger partial charge in [-0.3, -0.25) is 29.3 Å². The maximum atomic E-state index is 13.6. The summed E-state index contributed by atoms with van der Waals surface area (Å²) < 4.78 is 40.3. The normalized spacial score (nSPS) is 17.3. The van der Waals surface area contributed by atoms with Gasteiger partial charge in [0.25, 0.3) is 21.5 Å². The number of non-ortho nitro benzene ring substituents is 2. The number of likely N-dealkylation sites (tertiary alicyclic amines) is 1. The molecule has 16 nitrogen and oxygen atoms in total. The van der Waals surface area contributed by atoms with Crippen molar-refractivity contribution in [2.45, 2.75) is 44.7 Å². The number of phenols is 1. The Hall–Kier alpha value is -5.81. The Morgan fingerprint density at radius 3 is 2.00 bits per heavy atom. The smallest absolute Gasteiger partial charge is 0.410 e. The maximum absolute atomic E-state index is 13.6. The number of nitro benzene ring substituents is 2. The molecular weight excluding hydrogens is 676 g/mol. The molecule has 0 aromatic heterocycles. The predicted octanol–water partition coefficient (Wildman–Crippen LogP) is 5.39. The van der Waals surface area contributed by atoms with Crippen molar-refractivity contribution in [3.63, 3.8) is 0 Å². The molecule has 1 heterocycles. The standard InChI is InChI=1S/C33H32N4O12S/c1-33(16-26(49-50(2,45)46)18-35(33)32(40)48-20-22-9-13-25(14-10-22)37(43)44)30-28-6-4-3-5-27(28)23(15-29(30)38)17-34-31(39)47-19-21-7-11-24(12-8-21)36(41)42/h3-15,26,38H,16-20H2,1-2H3,(H,34,39)/t26-,33+/m1/s1. The number of nitrogens with one attached hydrogen (secondary N) is 1. The summed E-state index contributed by atoms with van der Waals surface area (Å²) in [5, 5.41) is 37.1. The van der Waals surface area contributed by atoms with Gasteiger partial charge in [0.05, 0.1) is 34.3 Å². The first-order chi connectivity index (χ1) is 23.6. The van der Waals surface area contributed by atoms with E-state index in [0.717, 1.165) is 6.26 Å². The minimum atomic E-state index is -3.93. The number of nitrogens with zero attached hydrogens (tertiary/aromatic N) is 3. The molecule has 1 aliphatic heterocycles. The van der Waals surface area contributed by atoms with Crippen molar-refractivity contribution in [3.8, 4) is 5.75 Å². The molecule has 0 bridgehead atoms. The highest BCUT2D eigenvalue weighted by Crippen LogP contribution is 2.47. The van der Waals surface area contributed by atoms with Crippen LogP contribution in [-0.2, 0) is 49.1 Å². The molecule has 1 fully saturated rings. The van der Waals surface area contributed by atoms with Crippen molar-refractivity contribution in [2.75, 3.05) is 12.8 Å². The molecule has 0 aliphatic carbocycles. The third-order valence-corrected chi connectivity index (χ3v) is 8.86. The third-order valence-electron chi connectivity index (χ3n) is 8.24. The fraction of sp³-hybridized carbons (Fsp3) is 0.273. The fourth-order valence-electron chi connectivity index (χ4n) is 6.01. The molecule has 0 radical (unpaired) electrons. The van der Waals surface area contributed by atoms with Gasteiger partial charge in [0.1, 0.15) is 19.0 Å². The number of hydrogen-bond donors (Lipinski definition) is 2. The Morgan fingerprint density at radius 1 is 0.920 bits per heavy atom. The molecule has 4 aromatic rings. The number of alkyl carbamates (subject to hydrolysis) is 1. The number of carbonyl (C=O) groups is 2. The van der Waals surface area contributed by atoms with Crippen LogP contribution in [0.25, 0.3) is 10.8 Å². The van der Waals surface area contributed by atoms with E-state index in [1.165, 1.54) is 59.5 Å². The lowest BCUT2D eigenvalue weighted by Gasteiger charge is -2.36. The second kappa shape index (κ2) is 14.4. The van der Waals surface area contributed by atoms with Gasteiger partial charge in [-0.1, -0.05) is 24.3 Å². The van der Waals surface area contributed by atoms with Gasteiger partial charge in [0.15, 0.2) is 0 Å². The van der Waals surface area contributed by atoms with Crippen LogP contribution in [0.2, 0.25) is 0 Å². The number of hydrogen-bond acceptors (Lipinski definition) is 12. The van der Waals surface area contributed by atoms with Crippen LogP contribution in [-0.4, -0.2) is 59.4 Å². The summed E-state index contributed by atoms with van der Waals surface area (Å²) in [5.41, 5.74) is 0.244. The van der Waals surface area contributed by atoms with Gasteiger partial charge in [0.2, 0.25) is 0 Å². The summed E-state index contributed by atoms with van der Waals surface area (Å²) in [4.78, 5) is 48.2. The molecule has 17 heteroatoms. The second-order valence-electron chi connectivity index (χ2n) is 11.8. The van der Waals surface area contributed by atoms with Crippen LogP contribution >= 0.6 is 0 Å². The van der Waals surface area contributed by atoms with Gasteiger partial charge in [0, 0.05) is 42.8 Å². The van der Waals surface area contributed by atoms with Crippen molar-refractivity contribution in [1.82, 2.24) is 10.2 Å². The van der Waals surface area contributed by atoms with Gasteiger partial charge >= 0.3 is 12.2 Å². The van der Waals surface area contributed by atoms with Crippen LogP contribution in [0.15, 0.2) is 78.9 Å². The molecule has 0 spiro atoms. The fourth-order valence-corrected chi connectivity index (χ4v) is 6.64. The number of ether oxygens (including phenoxy) is 2. The summed E-state index contributed by atoms with van der Waals surface area (Å²) in [6.07, 6.45) is -1.73. The molecule has 2 atom stereocenters. The van der Waals surface area contributed by atoms with Gasteiger partial charge in [-0.25, -0.2) is 9.59 Å². The van der Waals surface area contributed by atoms with E-state index in [4.69, 9.17) is 13.7 Å². The topological polar surface area (TPSA) is 218 Å². The van der Waals surface area contributed by atoms with Crippen molar-refractivity contribution in [1.29, 1.82) is 0 Å². The molecule has 2 N–H and O–H groups in total. The largest absolute Gasteiger partial charge is 0.508 e. The first kappa shape index (κ1) is 35.5. The Balaban J connectivity index is 1.38. The third kappa shape index (κ3) is 8.07. The zero-order valence-corrected chi connectivity index (χ0v) is 27.6. The molecule has 4 aromatic carbocycles. The van der Waals surface area contributed by atoms with Crippen LogP contribution < -0.4 is 5.32 Å². The monoisotopic (exact) mass is 708 g/mol. The van der Waals surface area contributed by atoms with E-state index in [1.807, 2.05) is 0 Å². The van der Waals surface area contributed by atoms with E-state index in [2.05, 4.69) is 5.32 Å². The molecule has 2 amide bonds. The lowest BCUT2D eigenvalue weighted by molar-refractivity contribution is -0.385. The van der Waals surface area contributed by atoms with Crippen LogP contribution in [0.4, 0.5) is 21.0 Å². The molecular formula is C33H32N4O12S. The minimum absolute atomic E-state index is 0.0309. The summed E-state index contributed by atoms with van der Waals surface area (Å²) >= 11 is 0. The maximum Gasteiger partial charge on any atom is 0.410 e. The lowest BCUT2D eigenvalue weighted by Crippen LogP contribution is -2.43. The highest BCUT2D eigenvalue weighted by Gasteiger charge is 2.50. The number of fused-ring (bicyclic) bond motifs is 1. The highest BCUT2D eigenvalue weighted by molar-refractivity contribution is 7.86. The van der Waals surface area contributed by atoms with Gasteiger partial charge in [-0.2, -0.15) is 8.42 Å². The molecule has 0 unspecified atom stereocenters. The highest BCUT2D eigenvalue weighted by atomic mass is 32.2. The van der Waals surface area contributed by atoms with Crippen molar-refractivity contribution in [3.05, 3.63) is 121 Å². The van der Waals surface area contributed by atoms with Gasteiger partial charge in [-0.15, -0.1) is 0 Å². The van der Waals surface area contributed by atoms with E-state index in [9.17, 15) is 43.3 Å². The first-order valence-corrected chi connectivity index (χ1v) is 16.9. The number of benzene rings is 4. The summed E-state index contributed by atoms with van der Waals surface area (Å²) in [6.45, 7) is 1.02. The zero-order chi connectivity index (χ0) is 36.2. The van der Waals surface area contributed by atoms with E-state index in [-0.39, 0.29) is 49.8 Å². The van der Waals surface area contributed by atoms with Crippen molar-refractivity contribution >= 4 is 44.5 Å². The SMILES string of the molecule is C[C@@]1(c2c(O)cc(CNC(=O)OCc3ccc([N+](=O)[O-])cc3)c3ccccc23)C[C@@H](OS(C)(=O)=O)CN1C(=O)OCc1ccc([N+](=O)[O-])cc1. The molecule has 262 valence electrons. The summed E-state index contributed by atoms with van der Waals surface area (Å²) in [7, 11) is -3.93. The lowest BCUT2D eigenvalue weighted by atomic mass is 9.83. The number of rotatable bonds is 11. The minimum Gasteiger partial charge on any atom is -0.508 e. The Kier molecular flexibility index (Phi) is 10.2. The predicted molar refractivity (Wildman–Crippen MR) is 177 cm³/mol. The molecule has 0 saturated carbocycles. The summed E-state index contributed by atoms with van der Waals surface area (Å²) in [5.74, 6) is -0.240. The summed E-state index contributed by atoms with van der Waals surface area (Å²) in [6, 6.07) is 19.4. The van der Waals surface area contributed by atoms with E-state index in [0.29, 0.717) is 33.0 Å². The molecule has 1 aliphatic rings. The van der Waals surface area contributed by atoms with E-state index < -0.39 is 43.8 Å². The Bertz CT molecular complexity index is 2060. The van der Waals surface area contributed by atoms with Crippen LogP contribution in [0.3, 0.4) is 0 Å². The number of nitro groups is 2.